The standard InChI is InChI=1S/C30H40N2O5/c1-27-11-8-24-25(30(27,36)14-10-23(27)21-15-26(34)37-18-21)9-13-29(35)16-22(33)7-12-28(24,29)19-32-31-17-20-5-3-2-4-6-20/h2-6,15,19,22-25,31,33,35-36H,7-14,16-18H2,1H3/b32-19-/t22-,23+,24-,25+,27+,28-,29-,30-/m0/s1. The minimum absolute atomic E-state index is 0.0333. The van der Waals surface area contributed by atoms with E-state index in [0.29, 0.717) is 45.3 Å². The molecule has 4 N–H and O–H groups in total. The van der Waals surface area contributed by atoms with Crippen LogP contribution in [0.3, 0.4) is 0 Å². The molecule has 37 heavy (non-hydrogen) atoms. The first-order valence-electron chi connectivity index (χ1n) is 14.0. The summed E-state index contributed by atoms with van der Waals surface area (Å²) in [5.41, 5.74) is 2.51. The van der Waals surface area contributed by atoms with Crippen LogP contribution in [-0.4, -0.2) is 51.4 Å². The van der Waals surface area contributed by atoms with Crippen LogP contribution < -0.4 is 5.43 Å². The van der Waals surface area contributed by atoms with Gasteiger partial charge in [-0.1, -0.05) is 37.3 Å². The number of cyclic esters (lactones) is 1. The lowest BCUT2D eigenvalue weighted by molar-refractivity contribution is -0.237. The van der Waals surface area contributed by atoms with Gasteiger partial charge in [0, 0.05) is 29.5 Å². The summed E-state index contributed by atoms with van der Waals surface area (Å²) in [7, 11) is 0. The van der Waals surface area contributed by atoms with E-state index in [4.69, 9.17) is 4.74 Å². The highest BCUT2D eigenvalue weighted by atomic mass is 16.5. The number of ether oxygens (including phenoxy) is 1. The number of hydrogen-bond acceptors (Lipinski definition) is 7. The maximum atomic E-state index is 12.5. The van der Waals surface area contributed by atoms with E-state index >= 15 is 0 Å². The maximum Gasteiger partial charge on any atom is 0.331 e. The van der Waals surface area contributed by atoms with Crippen LogP contribution in [0.2, 0.25) is 0 Å². The van der Waals surface area contributed by atoms with Crippen molar-refractivity contribution >= 4 is 12.2 Å². The maximum absolute atomic E-state index is 12.5. The lowest BCUT2D eigenvalue weighted by Gasteiger charge is -2.65. The van der Waals surface area contributed by atoms with Crippen molar-refractivity contribution < 1.29 is 24.9 Å². The number of nitrogens with one attached hydrogen (secondary N) is 1. The number of fused-ring (bicyclic) bond motifs is 5. The molecule has 4 aliphatic carbocycles. The average Bonchev–Trinajstić information content (AvgIpc) is 3.42. The van der Waals surface area contributed by atoms with Crippen molar-refractivity contribution in [1.82, 2.24) is 5.43 Å². The summed E-state index contributed by atoms with van der Waals surface area (Å²) < 4.78 is 5.24. The molecule has 0 bridgehead atoms. The van der Waals surface area contributed by atoms with Gasteiger partial charge in [-0.3, -0.25) is 0 Å². The number of carbonyl (C=O) groups is 1. The molecule has 6 rings (SSSR count). The van der Waals surface area contributed by atoms with Gasteiger partial charge in [0.15, 0.2) is 0 Å². The molecule has 0 aromatic heterocycles. The van der Waals surface area contributed by atoms with Crippen molar-refractivity contribution in [3.63, 3.8) is 0 Å². The summed E-state index contributed by atoms with van der Waals surface area (Å²) >= 11 is 0. The minimum Gasteiger partial charge on any atom is -0.458 e. The number of hydrogen-bond donors (Lipinski definition) is 4. The number of aliphatic hydroxyl groups excluding tert-OH is 1. The van der Waals surface area contributed by atoms with Crippen molar-refractivity contribution in [3.05, 3.63) is 47.5 Å². The molecule has 0 unspecified atom stereocenters. The molecule has 1 aliphatic heterocycles. The molecule has 4 saturated carbocycles. The van der Waals surface area contributed by atoms with Gasteiger partial charge in [-0.05, 0) is 80.3 Å². The SMILES string of the molecule is C[C@]12CC[C@H]3[C@@H](CC[C@]4(O)C[C@@H](O)CC[C@]34/C=N\NCc3ccccc3)[C@@]1(O)CC[C@@H]2C1=CC(=O)OC1. The van der Waals surface area contributed by atoms with E-state index in [1.165, 1.54) is 0 Å². The fraction of sp³-hybridized carbons (Fsp3) is 0.667. The van der Waals surface area contributed by atoms with Crippen molar-refractivity contribution in [2.75, 3.05) is 6.61 Å². The van der Waals surface area contributed by atoms with Gasteiger partial charge in [-0.15, -0.1) is 0 Å². The quantitative estimate of drug-likeness (QED) is 0.275. The van der Waals surface area contributed by atoms with Crippen LogP contribution in [0.5, 0.6) is 0 Å². The van der Waals surface area contributed by atoms with Gasteiger partial charge in [0.25, 0.3) is 0 Å². The zero-order chi connectivity index (χ0) is 25.9. The Kier molecular flexibility index (Phi) is 6.05. The fourth-order valence-electron chi connectivity index (χ4n) is 9.25. The lowest BCUT2D eigenvalue weighted by Crippen LogP contribution is -2.68. The second-order valence-electron chi connectivity index (χ2n) is 12.6. The molecule has 0 amide bonds. The topological polar surface area (TPSA) is 111 Å². The van der Waals surface area contributed by atoms with Crippen LogP contribution in [0.4, 0.5) is 0 Å². The van der Waals surface area contributed by atoms with Crippen LogP contribution in [0.25, 0.3) is 0 Å². The van der Waals surface area contributed by atoms with Gasteiger partial charge in [0.2, 0.25) is 0 Å². The van der Waals surface area contributed by atoms with E-state index in [-0.39, 0.29) is 29.1 Å². The average molecular weight is 509 g/mol. The monoisotopic (exact) mass is 508 g/mol. The predicted octanol–water partition coefficient (Wildman–Crippen LogP) is 3.47. The first-order chi connectivity index (χ1) is 17.7. The summed E-state index contributed by atoms with van der Waals surface area (Å²) in [6.07, 6.45) is 9.24. The van der Waals surface area contributed by atoms with Crippen molar-refractivity contribution in [2.45, 2.75) is 88.6 Å². The Labute approximate surface area is 219 Å². The summed E-state index contributed by atoms with van der Waals surface area (Å²) in [6.45, 7) is 3.14. The van der Waals surface area contributed by atoms with E-state index in [1.54, 1.807) is 6.08 Å². The third-order valence-corrected chi connectivity index (χ3v) is 11.2. The van der Waals surface area contributed by atoms with E-state index in [9.17, 15) is 20.1 Å². The smallest absolute Gasteiger partial charge is 0.331 e. The van der Waals surface area contributed by atoms with Crippen LogP contribution in [0.1, 0.15) is 70.3 Å². The van der Waals surface area contributed by atoms with Gasteiger partial charge in [0.1, 0.15) is 6.61 Å². The summed E-state index contributed by atoms with van der Waals surface area (Å²) in [4.78, 5) is 11.8. The van der Waals surface area contributed by atoms with Crippen LogP contribution in [0, 0.1) is 28.6 Å². The molecule has 7 heteroatoms. The molecule has 0 radical (unpaired) electrons. The molecule has 1 heterocycles. The molecule has 0 spiro atoms. The number of esters is 1. The Morgan fingerprint density at radius 1 is 1.05 bits per heavy atom. The highest BCUT2D eigenvalue weighted by molar-refractivity contribution is 5.85. The zero-order valence-electron chi connectivity index (χ0n) is 21.7. The molecule has 200 valence electrons. The number of rotatable bonds is 5. The molecule has 7 nitrogen and oxygen atoms in total. The molecule has 1 aromatic carbocycles. The number of carbonyl (C=O) groups excluding carboxylic acids is 1. The predicted molar refractivity (Wildman–Crippen MR) is 139 cm³/mol. The second kappa shape index (κ2) is 8.92. The minimum atomic E-state index is -1.04. The van der Waals surface area contributed by atoms with Gasteiger partial charge >= 0.3 is 5.97 Å². The molecular weight excluding hydrogens is 468 g/mol. The molecule has 5 aliphatic rings. The van der Waals surface area contributed by atoms with Crippen molar-refractivity contribution in [1.29, 1.82) is 0 Å². The summed E-state index contributed by atoms with van der Waals surface area (Å²) in [5.74, 6) is -0.0281. The molecule has 1 aromatic rings. The van der Waals surface area contributed by atoms with Crippen LogP contribution >= 0.6 is 0 Å². The van der Waals surface area contributed by atoms with E-state index in [0.717, 1.165) is 36.8 Å². The van der Waals surface area contributed by atoms with E-state index in [1.807, 2.05) is 24.4 Å². The number of benzene rings is 1. The normalized spacial score (nSPS) is 45.1. The lowest BCUT2D eigenvalue weighted by atomic mass is 9.41. The first kappa shape index (κ1) is 25.1. The fourth-order valence-corrected chi connectivity index (χ4v) is 9.25. The third kappa shape index (κ3) is 3.72. The van der Waals surface area contributed by atoms with Gasteiger partial charge in [0.05, 0.1) is 23.9 Å². The number of hydrazone groups is 1. The van der Waals surface area contributed by atoms with E-state index < -0.39 is 22.7 Å². The molecule has 8 atom stereocenters. The largest absolute Gasteiger partial charge is 0.458 e. The summed E-state index contributed by atoms with van der Waals surface area (Å²) in [5, 5.41) is 39.8. The van der Waals surface area contributed by atoms with Crippen molar-refractivity contribution in [2.24, 2.45) is 33.7 Å². The second-order valence-corrected chi connectivity index (χ2v) is 12.6. The van der Waals surface area contributed by atoms with E-state index in [2.05, 4.69) is 29.6 Å². The molecular formula is C30H40N2O5. The Morgan fingerprint density at radius 2 is 1.84 bits per heavy atom. The van der Waals surface area contributed by atoms with Gasteiger partial charge < -0.3 is 25.5 Å². The Morgan fingerprint density at radius 3 is 2.59 bits per heavy atom. The number of nitrogens with zero attached hydrogens (tertiary/aromatic N) is 1. The molecule has 4 fully saturated rings. The van der Waals surface area contributed by atoms with Crippen molar-refractivity contribution in [3.8, 4) is 0 Å². The van der Waals surface area contributed by atoms with Gasteiger partial charge in [-0.25, -0.2) is 4.79 Å². The number of aliphatic hydroxyl groups is 3. The Hall–Kier alpha value is -2.22. The van der Waals surface area contributed by atoms with Crippen LogP contribution in [-0.2, 0) is 16.1 Å². The Bertz CT molecular complexity index is 1110. The highest BCUT2D eigenvalue weighted by Crippen LogP contribution is 2.70. The summed E-state index contributed by atoms with van der Waals surface area (Å²) in [6, 6.07) is 10.1. The molecule has 0 saturated heterocycles. The zero-order valence-corrected chi connectivity index (χ0v) is 21.7. The first-order valence-corrected chi connectivity index (χ1v) is 14.0. The Balaban J connectivity index is 1.31. The van der Waals surface area contributed by atoms with Gasteiger partial charge in [-0.2, -0.15) is 5.10 Å². The highest BCUT2D eigenvalue weighted by Gasteiger charge is 2.71. The van der Waals surface area contributed by atoms with Crippen LogP contribution in [0.15, 0.2) is 47.1 Å². The third-order valence-electron chi connectivity index (χ3n) is 11.2.